The van der Waals surface area contributed by atoms with Gasteiger partial charge in [0.25, 0.3) is 5.78 Å². The minimum absolute atomic E-state index is 0.0772. The van der Waals surface area contributed by atoms with E-state index in [1.54, 1.807) is 43.3 Å². The summed E-state index contributed by atoms with van der Waals surface area (Å²) in [5.41, 5.74) is 0.791. The topological polar surface area (TPSA) is 120 Å². The Morgan fingerprint density at radius 2 is 1.85 bits per heavy atom. The highest BCUT2D eigenvalue weighted by Crippen LogP contribution is 2.45. The number of nitrogens with zero attached hydrogens (tertiary/aromatic N) is 3. The lowest BCUT2D eigenvalue weighted by atomic mass is 9.95. The first-order chi connectivity index (χ1) is 18.9. The molecule has 11 heteroatoms. The number of ether oxygens (including phenoxy) is 4. The number of aliphatic hydroxyl groups is 1. The molecule has 0 bridgehead atoms. The van der Waals surface area contributed by atoms with Crippen molar-refractivity contribution in [3.05, 3.63) is 58.1 Å². The van der Waals surface area contributed by atoms with Crippen LogP contribution in [0.3, 0.4) is 0 Å². The van der Waals surface area contributed by atoms with Crippen molar-refractivity contribution in [1.29, 1.82) is 0 Å². The summed E-state index contributed by atoms with van der Waals surface area (Å²) >= 11 is 1.18. The van der Waals surface area contributed by atoms with E-state index >= 15 is 0 Å². The molecule has 0 saturated carbocycles. The number of carbonyl (C=O) groups is 2. The third kappa shape index (κ3) is 5.14. The average Bonchev–Trinajstić information content (AvgIpc) is 3.49. The Hall–Kier alpha value is -4.12. The van der Waals surface area contributed by atoms with Crippen LogP contribution in [-0.4, -0.2) is 53.4 Å². The van der Waals surface area contributed by atoms with Gasteiger partial charge in [0, 0.05) is 5.56 Å². The minimum atomic E-state index is -0.977. The van der Waals surface area contributed by atoms with Gasteiger partial charge < -0.3 is 24.1 Å². The summed E-state index contributed by atoms with van der Waals surface area (Å²) in [7, 11) is 0. The van der Waals surface area contributed by atoms with Crippen LogP contribution in [0.15, 0.2) is 42.0 Å². The molecule has 3 aromatic rings. The Morgan fingerprint density at radius 3 is 2.56 bits per heavy atom. The van der Waals surface area contributed by atoms with Crippen molar-refractivity contribution in [2.75, 3.05) is 31.3 Å². The zero-order valence-electron chi connectivity index (χ0n) is 21.9. The average molecular weight is 552 g/mol. The quantitative estimate of drug-likeness (QED) is 0.173. The van der Waals surface area contributed by atoms with E-state index in [0.717, 1.165) is 12.8 Å². The number of anilines is 1. The van der Waals surface area contributed by atoms with Crippen molar-refractivity contribution in [3.63, 3.8) is 0 Å². The highest BCUT2D eigenvalue weighted by atomic mass is 32.1. The number of aryl methyl sites for hydroxylation is 1. The van der Waals surface area contributed by atoms with Gasteiger partial charge >= 0.3 is 5.91 Å². The Morgan fingerprint density at radius 1 is 1.05 bits per heavy atom. The van der Waals surface area contributed by atoms with Gasteiger partial charge in [-0.1, -0.05) is 30.7 Å². The van der Waals surface area contributed by atoms with Crippen LogP contribution in [0.4, 0.5) is 5.13 Å². The fraction of sp³-hybridized carbons (Fsp3) is 0.357. The first-order valence-corrected chi connectivity index (χ1v) is 13.6. The standard InChI is InChI=1S/C28H29N3O7S/c1-4-6-11-36-19-9-7-17(14-21(19)35-5-2)24-23(26(33)27(34)31(24)28-30-29-16(3)39-28)25(32)18-8-10-20-22(15-18)38-13-12-37-20/h7-10,14-15,24,32H,4-6,11-13H2,1-3H3/b25-23+. The molecule has 1 saturated heterocycles. The number of amides is 1. The minimum Gasteiger partial charge on any atom is -0.507 e. The van der Waals surface area contributed by atoms with E-state index in [9.17, 15) is 14.7 Å². The summed E-state index contributed by atoms with van der Waals surface area (Å²) in [6, 6.07) is 9.16. The highest BCUT2D eigenvalue weighted by molar-refractivity contribution is 7.15. The first-order valence-electron chi connectivity index (χ1n) is 12.8. The number of benzene rings is 2. The van der Waals surface area contributed by atoms with E-state index in [1.165, 1.54) is 16.2 Å². The lowest BCUT2D eigenvalue weighted by Gasteiger charge is -2.24. The second-order valence-electron chi connectivity index (χ2n) is 8.97. The van der Waals surface area contributed by atoms with Crippen LogP contribution in [0.5, 0.6) is 23.0 Å². The van der Waals surface area contributed by atoms with E-state index in [-0.39, 0.29) is 16.5 Å². The van der Waals surface area contributed by atoms with Crippen LogP contribution in [0.2, 0.25) is 0 Å². The molecule has 39 heavy (non-hydrogen) atoms. The molecule has 1 aromatic heterocycles. The van der Waals surface area contributed by atoms with E-state index in [0.29, 0.717) is 65.6 Å². The summed E-state index contributed by atoms with van der Waals surface area (Å²) in [4.78, 5) is 28.1. The number of ketones is 1. The summed E-state index contributed by atoms with van der Waals surface area (Å²) in [6.45, 7) is 7.41. The maximum Gasteiger partial charge on any atom is 0.301 e. The monoisotopic (exact) mass is 551 g/mol. The number of hydrogen-bond acceptors (Lipinski definition) is 10. The van der Waals surface area contributed by atoms with E-state index < -0.39 is 17.7 Å². The maximum absolute atomic E-state index is 13.5. The van der Waals surface area contributed by atoms with Gasteiger partial charge in [-0.15, -0.1) is 10.2 Å². The van der Waals surface area contributed by atoms with Crippen molar-refractivity contribution in [1.82, 2.24) is 10.2 Å². The molecule has 0 radical (unpaired) electrons. The van der Waals surface area contributed by atoms with E-state index in [4.69, 9.17) is 18.9 Å². The third-order valence-corrected chi connectivity index (χ3v) is 7.16. The lowest BCUT2D eigenvalue weighted by molar-refractivity contribution is -0.132. The fourth-order valence-electron chi connectivity index (χ4n) is 4.48. The number of aliphatic hydroxyl groups excluding tert-OH is 1. The Labute approximate surface area is 229 Å². The first kappa shape index (κ1) is 26.5. The van der Waals surface area contributed by atoms with Crippen molar-refractivity contribution in [3.8, 4) is 23.0 Å². The second-order valence-corrected chi connectivity index (χ2v) is 10.1. The maximum atomic E-state index is 13.5. The lowest BCUT2D eigenvalue weighted by Crippen LogP contribution is -2.29. The van der Waals surface area contributed by atoms with Crippen LogP contribution in [0.25, 0.3) is 5.76 Å². The number of hydrogen-bond donors (Lipinski definition) is 1. The van der Waals surface area contributed by atoms with Gasteiger partial charge in [0.15, 0.2) is 23.0 Å². The Kier molecular flexibility index (Phi) is 7.69. The van der Waals surface area contributed by atoms with Crippen molar-refractivity contribution < 1.29 is 33.6 Å². The number of rotatable bonds is 9. The fourth-order valence-corrected chi connectivity index (χ4v) is 5.20. The molecular weight excluding hydrogens is 522 g/mol. The number of aromatic nitrogens is 2. The molecule has 0 aliphatic carbocycles. The van der Waals surface area contributed by atoms with Crippen LogP contribution < -0.4 is 23.8 Å². The molecule has 1 amide bonds. The van der Waals surface area contributed by atoms with Gasteiger partial charge in [0.05, 0.1) is 24.8 Å². The SMILES string of the molecule is CCCCOc1ccc(C2/C(=C(\O)c3ccc4c(c3)OCCO4)C(=O)C(=O)N2c2nnc(C)s2)cc1OCC. The number of Topliss-reactive ketones (excluding diaryl/α,β-unsaturated/α-hetero) is 1. The third-order valence-electron chi connectivity index (χ3n) is 6.32. The molecule has 1 N–H and O–H groups in total. The summed E-state index contributed by atoms with van der Waals surface area (Å²) in [5.74, 6) is 0.0505. The molecule has 2 aromatic carbocycles. The van der Waals surface area contributed by atoms with Crippen molar-refractivity contribution in [2.45, 2.75) is 39.7 Å². The molecule has 1 atom stereocenters. The zero-order valence-corrected chi connectivity index (χ0v) is 22.7. The molecule has 5 rings (SSSR count). The van der Waals surface area contributed by atoms with Crippen molar-refractivity contribution in [2.24, 2.45) is 0 Å². The Balaban J connectivity index is 1.65. The predicted octanol–water partition coefficient (Wildman–Crippen LogP) is 4.82. The Bertz CT molecular complexity index is 1430. The molecule has 2 aliphatic rings. The molecule has 1 fully saturated rings. The molecule has 2 aliphatic heterocycles. The predicted molar refractivity (Wildman–Crippen MR) is 145 cm³/mol. The van der Waals surface area contributed by atoms with E-state index in [2.05, 4.69) is 17.1 Å². The molecule has 0 spiro atoms. The highest BCUT2D eigenvalue weighted by Gasteiger charge is 2.48. The smallest absolute Gasteiger partial charge is 0.301 e. The number of carbonyl (C=O) groups excluding carboxylic acids is 2. The van der Waals surface area contributed by atoms with Gasteiger partial charge in [0.1, 0.15) is 24.0 Å². The summed E-state index contributed by atoms with van der Waals surface area (Å²) < 4.78 is 23.0. The summed E-state index contributed by atoms with van der Waals surface area (Å²) in [6.07, 6.45) is 1.87. The van der Waals surface area contributed by atoms with E-state index in [1.807, 2.05) is 6.92 Å². The normalized spacial score (nSPS) is 17.9. The van der Waals surface area contributed by atoms with Crippen molar-refractivity contribution >= 4 is 33.9 Å². The molecule has 10 nitrogen and oxygen atoms in total. The van der Waals surface area contributed by atoms with Gasteiger partial charge in [0.2, 0.25) is 5.13 Å². The van der Waals surface area contributed by atoms with Gasteiger partial charge in [-0.3, -0.25) is 14.5 Å². The van der Waals surface area contributed by atoms with Crippen LogP contribution in [-0.2, 0) is 9.59 Å². The van der Waals surface area contributed by atoms with Crippen LogP contribution in [0, 0.1) is 6.92 Å². The molecule has 1 unspecified atom stereocenters. The zero-order chi connectivity index (χ0) is 27.5. The second kappa shape index (κ2) is 11.3. The largest absolute Gasteiger partial charge is 0.507 e. The molecule has 3 heterocycles. The van der Waals surface area contributed by atoms with Gasteiger partial charge in [-0.25, -0.2) is 0 Å². The number of unbranched alkanes of at least 4 members (excludes halogenated alkanes) is 1. The number of fused-ring (bicyclic) bond motifs is 1. The van der Waals surface area contributed by atoms with Crippen LogP contribution in [0.1, 0.15) is 48.9 Å². The van der Waals surface area contributed by atoms with Gasteiger partial charge in [-0.05, 0) is 56.2 Å². The van der Waals surface area contributed by atoms with Crippen LogP contribution >= 0.6 is 11.3 Å². The van der Waals surface area contributed by atoms with Gasteiger partial charge in [-0.2, -0.15) is 0 Å². The summed E-state index contributed by atoms with van der Waals surface area (Å²) in [5, 5.41) is 20.5. The molecular formula is C28H29N3O7S. The molecule has 204 valence electrons.